The predicted molar refractivity (Wildman–Crippen MR) is 71.0 cm³/mol. The van der Waals surface area contributed by atoms with Gasteiger partial charge < -0.3 is 10.5 Å². The SMILES string of the molecule is Cc1ccc(N)cc1OCc1cccc(C#N)c1F. The quantitative estimate of drug-likeness (QED) is 0.858. The van der Waals surface area contributed by atoms with Crippen LogP contribution in [0.25, 0.3) is 0 Å². The molecular weight excluding hydrogens is 243 g/mol. The first kappa shape index (κ1) is 12.9. The van der Waals surface area contributed by atoms with E-state index in [1.807, 2.05) is 13.0 Å². The van der Waals surface area contributed by atoms with Crippen molar-refractivity contribution in [3.05, 3.63) is 58.9 Å². The summed E-state index contributed by atoms with van der Waals surface area (Å²) in [6.45, 7) is 1.95. The number of hydrogen-bond acceptors (Lipinski definition) is 3. The van der Waals surface area contributed by atoms with Crippen LogP contribution in [0.15, 0.2) is 36.4 Å². The van der Waals surface area contributed by atoms with E-state index in [1.165, 1.54) is 6.07 Å². The number of benzene rings is 2. The van der Waals surface area contributed by atoms with Crippen LogP contribution in [0.5, 0.6) is 5.75 Å². The monoisotopic (exact) mass is 256 g/mol. The van der Waals surface area contributed by atoms with Crippen molar-refractivity contribution in [1.29, 1.82) is 5.26 Å². The molecule has 4 heteroatoms. The summed E-state index contributed by atoms with van der Waals surface area (Å²) in [7, 11) is 0. The summed E-state index contributed by atoms with van der Waals surface area (Å²) in [6, 6.07) is 11.8. The molecule has 3 nitrogen and oxygen atoms in total. The van der Waals surface area contributed by atoms with E-state index in [2.05, 4.69) is 0 Å². The summed E-state index contributed by atoms with van der Waals surface area (Å²) >= 11 is 0. The highest BCUT2D eigenvalue weighted by Gasteiger charge is 2.09. The number of ether oxygens (including phenoxy) is 1. The lowest BCUT2D eigenvalue weighted by Gasteiger charge is -2.10. The third kappa shape index (κ3) is 2.83. The van der Waals surface area contributed by atoms with Crippen molar-refractivity contribution in [1.82, 2.24) is 0 Å². The predicted octanol–water partition coefficient (Wildman–Crippen LogP) is 3.17. The first-order valence-corrected chi connectivity index (χ1v) is 5.78. The molecular formula is C15H13FN2O. The molecule has 2 rings (SSSR count). The van der Waals surface area contributed by atoms with Gasteiger partial charge in [-0.3, -0.25) is 0 Å². The maximum Gasteiger partial charge on any atom is 0.147 e. The summed E-state index contributed by atoms with van der Waals surface area (Å²) in [5, 5.41) is 8.76. The Morgan fingerprint density at radius 2 is 2.11 bits per heavy atom. The van der Waals surface area contributed by atoms with Crippen molar-refractivity contribution in [2.75, 3.05) is 5.73 Å². The number of halogens is 1. The highest BCUT2D eigenvalue weighted by atomic mass is 19.1. The Bertz CT molecular complexity index is 647. The molecule has 0 atom stereocenters. The Hall–Kier alpha value is -2.54. The second kappa shape index (κ2) is 5.40. The van der Waals surface area contributed by atoms with Crippen molar-refractivity contribution in [2.45, 2.75) is 13.5 Å². The average Bonchev–Trinajstić information content (AvgIpc) is 2.41. The number of nitrogens with zero attached hydrogens (tertiary/aromatic N) is 1. The van der Waals surface area contributed by atoms with Crippen LogP contribution < -0.4 is 10.5 Å². The van der Waals surface area contributed by atoms with Gasteiger partial charge in [0.15, 0.2) is 0 Å². The fraction of sp³-hybridized carbons (Fsp3) is 0.133. The first-order chi connectivity index (χ1) is 9.11. The second-order valence-electron chi connectivity index (χ2n) is 4.20. The molecule has 0 saturated heterocycles. The molecule has 19 heavy (non-hydrogen) atoms. The number of hydrogen-bond donors (Lipinski definition) is 1. The molecule has 0 aliphatic carbocycles. The lowest BCUT2D eigenvalue weighted by molar-refractivity contribution is 0.298. The van der Waals surface area contributed by atoms with Crippen LogP contribution in [-0.2, 0) is 6.61 Å². The molecule has 0 aliphatic heterocycles. The van der Waals surface area contributed by atoms with Gasteiger partial charge in [-0.1, -0.05) is 18.2 Å². The lowest BCUT2D eigenvalue weighted by Crippen LogP contribution is -2.01. The molecule has 0 aliphatic rings. The van der Waals surface area contributed by atoms with Crippen molar-refractivity contribution in [3.8, 4) is 11.8 Å². The summed E-state index contributed by atoms with van der Waals surface area (Å²) < 4.78 is 19.4. The highest BCUT2D eigenvalue weighted by Crippen LogP contribution is 2.22. The zero-order chi connectivity index (χ0) is 13.8. The van der Waals surface area contributed by atoms with Crippen molar-refractivity contribution in [3.63, 3.8) is 0 Å². The molecule has 0 spiro atoms. The molecule has 0 saturated carbocycles. The van der Waals surface area contributed by atoms with Gasteiger partial charge >= 0.3 is 0 Å². The zero-order valence-corrected chi connectivity index (χ0v) is 10.5. The van der Waals surface area contributed by atoms with Crippen LogP contribution in [0, 0.1) is 24.1 Å². The number of nitrogens with two attached hydrogens (primary N) is 1. The number of aryl methyl sites for hydroxylation is 1. The Balaban J connectivity index is 2.20. The Labute approximate surface area is 111 Å². The van der Waals surface area contributed by atoms with E-state index in [-0.39, 0.29) is 12.2 Å². The van der Waals surface area contributed by atoms with E-state index in [9.17, 15) is 4.39 Å². The van der Waals surface area contributed by atoms with Crippen LogP contribution >= 0.6 is 0 Å². The normalized spacial score (nSPS) is 9.95. The maximum atomic E-state index is 13.8. The van der Waals surface area contributed by atoms with Gasteiger partial charge in [-0.05, 0) is 24.6 Å². The summed E-state index contributed by atoms with van der Waals surface area (Å²) in [5.74, 6) is 0.0771. The van der Waals surface area contributed by atoms with Gasteiger partial charge in [0.2, 0.25) is 0 Å². The minimum Gasteiger partial charge on any atom is -0.488 e. The molecule has 0 radical (unpaired) electrons. The van der Waals surface area contributed by atoms with Gasteiger partial charge in [0.1, 0.15) is 24.2 Å². The van der Waals surface area contributed by atoms with Gasteiger partial charge in [-0.25, -0.2) is 4.39 Å². The van der Waals surface area contributed by atoms with E-state index >= 15 is 0 Å². The minimum absolute atomic E-state index is 0.0189. The number of rotatable bonds is 3. The maximum absolute atomic E-state index is 13.8. The van der Waals surface area contributed by atoms with Crippen LogP contribution in [0.3, 0.4) is 0 Å². The smallest absolute Gasteiger partial charge is 0.147 e. The van der Waals surface area contributed by atoms with Crippen LogP contribution in [-0.4, -0.2) is 0 Å². The molecule has 0 bridgehead atoms. The third-order valence-electron chi connectivity index (χ3n) is 2.79. The molecule has 96 valence electrons. The van der Waals surface area contributed by atoms with Crippen molar-refractivity contribution in [2.24, 2.45) is 0 Å². The number of anilines is 1. The number of nitriles is 1. The van der Waals surface area contributed by atoms with E-state index in [4.69, 9.17) is 15.7 Å². The fourth-order valence-electron chi connectivity index (χ4n) is 1.71. The van der Waals surface area contributed by atoms with E-state index in [1.54, 1.807) is 30.3 Å². The first-order valence-electron chi connectivity index (χ1n) is 5.78. The zero-order valence-electron chi connectivity index (χ0n) is 10.5. The van der Waals surface area contributed by atoms with Crippen LogP contribution in [0.1, 0.15) is 16.7 Å². The lowest BCUT2D eigenvalue weighted by atomic mass is 10.1. The fourth-order valence-corrected chi connectivity index (χ4v) is 1.71. The van der Waals surface area contributed by atoms with Gasteiger partial charge in [0.25, 0.3) is 0 Å². The van der Waals surface area contributed by atoms with Crippen LogP contribution in [0.4, 0.5) is 10.1 Å². The average molecular weight is 256 g/mol. The Kier molecular flexibility index (Phi) is 3.67. The molecule has 2 N–H and O–H groups in total. The number of nitrogen functional groups attached to an aromatic ring is 1. The Morgan fingerprint density at radius 1 is 1.32 bits per heavy atom. The molecule has 0 fully saturated rings. The van der Waals surface area contributed by atoms with E-state index in [0.29, 0.717) is 17.0 Å². The molecule has 0 heterocycles. The summed E-state index contributed by atoms with van der Waals surface area (Å²) in [6.07, 6.45) is 0. The van der Waals surface area contributed by atoms with E-state index in [0.717, 1.165) is 5.56 Å². The Morgan fingerprint density at radius 3 is 2.84 bits per heavy atom. The molecule has 0 amide bonds. The van der Waals surface area contributed by atoms with Crippen molar-refractivity contribution >= 4 is 5.69 Å². The van der Waals surface area contributed by atoms with Crippen molar-refractivity contribution < 1.29 is 9.13 Å². The van der Waals surface area contributed by atoms with Gasteiger partial charge in [0.05, 0.1) is 5.56 Å². The standard InChI is InChI=1S/C15H13FN2O/c1-10-5-6-13(18)7-14(10)19-9-12-4-2-3-11(8-17)15(12)16/h2-7H,9,18H2,1H3. The third-order valence-corrected chi connectivity index (χ3v) is 2.79. The second-order valence-corrected chi connectivity index (χ2v) is 4.20. The van der Waals surface area contributed by atoms with Crippen LogP contribution in [0.2, 0.25) is 0 Å². The summed E-state index contributed by atoms with van der Waals surface area (Å²) in [5.41, 5.74) is 7.55. The summed E-state index contributed by atoms with van der Waals surface area (Å²) in [4.78, 5) is 0. The van der Waals surface area contributed by atoms with Gasteiger partial charge in [-0.15, -0.1) is 0 Å². The van der Waals surface area contributed by atoms with Gasteiger partial charge in [0, 0.05) is 17.3 Å². The van der Waals surface area contributed by atoms with Gasteiger partial charge in [-0.2, -0.15) is 5.26 Å². The minimum atomic E-state index is -0.536. The molecule has 2 aromatic rings. The molecule has 0 aromatic heterocycles. The highest BCUT2D eigenvalue weighted by molar-refractivity contribution is 5.48. The van der Waals surface area contributed by atoms with E-state index < -0.39 is 5.82 Å². The molecule has 0 unspecified atom stereocenters. The topological polar surface area (TPSA) is 59.0 Å². The largest absolute Gasteiger partial charge is 0.488 e. The molecule has 2 aromatic carbocycles.